The molecule has 6 heteroatoms. The number of hydrogen-bond donors (Lipinski definition) is 2. The lowest BCUT2D eigenvalue weighted by Gasteiger charge is -2.19. The van der Waals surface area contributed by atoms with Crippen LogP contribution in [0.1, 0.15) is 6.42 Å². The van der Waals surface area contributed by atoms with Crippen molar-refractivity contribution < 1.29 is 14.7 Å². The van der Waals surface area contributed by atoms with Crippen molar-refractivity contribution in [2.75, 3.05) is 32.7 Å². The topological polar surface area (TPSA) is 74.2 Å². The van der Waals surface area contributed by atoms with Crippen LogP contribution >= 0.6 is 0 Å². The average molecular weight is 239 g/mol. The predicted molar refractivity (Wildman–Crippen MR) is 60.9 cm³/mol. The van der Waals surface area contributed by atoms with Crippen LogP contribution in [0.15, 0.2) is 5.16 Å². The van der Waals surface area contributed by atoms with Crippen LogP contribution in [-0.2, 0) is 9.63 Å². The molecule has 3 rings (SSSR count). The first-order chi connectivity index (χ1) is 8.24. The van der Waals surface area contributed by atoms with Crippen LogP contribution in [0.25, 0.3) is 0 Å². The quantitative estimate of drug-likeness (QED) is 0.686. The summed E-state index contributed by atoms with van der Waals surface area (Å²) in [7, 11) is 0. The van der Waals surface area contributed by atoms with Gasteiger partial charge in [-0.15, -0.1) is 0 Å². The van der Waals surface area contributed by atoms with Crippen LogP contribution < -0.4 is 5.32 Å². The smallest absolute Gasteiger partial charge is 0.354 e. The van der Waals surface area contributed by atoms with Crippen molar-refractivity contribution in [3.8, 4) is 0 Å². The van der Waals surface area contributed by atoms with Gasteiger partial charge in [-0.3, -0.25) is 4.90 Å². The van der Waals surface area contributed by atoms with Gasteiger partial charge in [0.05, 0.1) is 5.92 Å². The lowest BCUT2D eigenvalue weighted by atomic mass is 10.0. The van der Waals surface area contributed by atoms with Gasteiger partial charge >= 0.3 is 5.97 Å². The lowest BCUT2D eigenvalue weighted by Crippen LogP contribution is -2.31. The van der Waals surface area contributed by atoms with Crippen LogP contribution in [-0.4, -0.2) is 60.5 Å². The molecule has 2 saturated heterocycles. The SMILES string of the molecule is O=C(O)C1=NOC2CN(CC3CCNC3)CC12. The van der Waals surface area contributed by atoms with Gasteiger partial charge in [-0.05, 0) is 25.4 Å². The monoisotopic (exact) mass is 239 g/mol. The third-order valence-electron chi connectivity index (χ3n) is 3.88. The molecule has 0 aromatic rings. The minimum Gasteiger partial charge on any atom is -0.477 e. The summed E-state index contributed by atoms with van der Waals surface area (Å²) in [4.78, 5) is 18.5. The normalized spacial score (nSPS) is 36.7. The second-order valence-corrected chi connectivity index (χ2v) is 5.11. The number of nitrogens with zero attached hydrogens (tertiary/aromatic N) is 2. The van der Waals surface area contributed by atoms with Crippen molar-refractivity contribution >= 4 is 11.7 Å². The molecule has 6 nitrogen and oxygen atoms in total. The third-order valence-corrected chi connectivity index (χ3v) is 3.88. The zero-order chi connectivity index (χ0) is 11.8. The summed E-state index contributed by atoms with van der Waals surface area (Å²) in [6.45, 7) is 4.79. The van der Waals surface area contributed by atoms with Gasteiger partial charge in [0.1, 0.15) is 6.10 Å². The maximum absolute atomic E-state index is 11.0. The van der Waals surface area contributed by atoms with E-state index in [0.29, 0.717) is 5.92 Å². The Kier molecular flexibility index (Phi) is 2.76. The third kappa shape index (κ3) is 2.02. The molecular weight excluding hydrogens is 222 g/mol. The lowest BCUT2D eigenvalue weighted by molar-refractivity contribution is -0.129. The minimum atomic E-state index is -0.943. The van der Waals surface area contributed by atoms with E-state index in [2.05, 4.69) is 15.4 Å². The van der Waals surface area contributed by atoms with E-state index in [1.165, 1.54) is 6.42 Å². The van der Waals surface area contributed by atoms with Gasteiger partial charge in [-0.1, -0.05) is 5.16 Å². The number of hydrogen-bond acceptors (Lipinski definition) is 5. The largest absolute Gasteiger partial charge is 0.477 e. The summed E-state index contributed by atoms with van der Waals surface area (Å²) in [6.07, 6.45) is 1.17. The second-order valence-electron chi connectivity index (χ2n) is 5.11. The molecule has 0 aromatic carbocycles. The Morgan fingerprint density at radius 1 is 1.59 bits per heavy atom. The van der Waals surface area contributed by atoms with Gasteiger partial charge in [-0.2, -0.15) is 0 Å². The Morgan fingerprint density at radius 3 is 3.18 bits per heavy atom. The van der Waals surface area contributed by atoms with E-state index >= 15 is 0 Å². The van der Waals surface area contributed by atoms with E-state index in [0.717, 1.165) is 32.7 Å². The highest BCUT2D eigenvalue weighted by molar-refractivity contribution is 6.36. The first kappa shape index (κ1) is 11.0. The second kappa shape index (κ2) is 4.27. The fourth-order valence-corrected chi connectivity index (χ4v) is 3.00. The van der Waals surface area contributed by atoms with Gasteiger partial charge in [0.15, 0.2) is 5.71 Å². The van der Waals surface area contributed by atoms with Gasteiger partial charge < -0.3 is 15.3 Å². The molecule has 0 spiro atoms. The van der Waals surface area contributed by atoms with Crippen molar-refractivity contribution in [1.82, 2.24) is 10.2 Å². The molecule has 0 saturated carbocycles. The van der Waals surface area contributed by atoms with Crippen LogP contribution in [0.4, 0.5) is 0 Å². The molecular formula is C11H17N3O3. The molecule has 17 heavy (non-hydrogen) atoms. The van der Waals surface area contributed by atoms with E-state index in [-0.39, 0.29) is 17.7 Å². The summed E-state index contributed by atoms with van der Waals surface area (Å²) < 4.78 is 0. The van der Waals surface area contributed by atoms with Crippen molar-refractivity contribution in [2.45, 2.75) is 12.5 Å². The summed E-state index contributed by atoms with van der Waals surface area (Å²) in [5, 5.41) is 16.0. The number of rotatable bonds is 3. The Hall–Kier alpha value is -1.14. The van der Waals surface area contributed by atoms with E-state index in [1.54, 1.807) is 0 Å². The number of fused-ring (bicyclic) bond motifs is 1. The summed E-state index contributed by atoms with van der Waals surface area (Å²) in [5.74, 6) is -0.289. The Bertz CT molecular complexity index is 352. The Morgan fingerprint density at radius 2 is 2.47 bits per heavy atom. The fourth-order valence-electron chi connectivity index (χ4n) is 3.00. The maximum atomic E-state index is 11.0. The summed E-state index contributed by atoms with van der Waals surface area (Å²) in [6, 6.07) is 0. The van der Waals surface area contributed by atoms with E-state index in [9.17, 15) is 4.79 Å². The van der Waals surface area contributed by atoms with E-state index in [4.69, 9.17) is 9.94 Å². The number of oxime groups is 1. The summed E-state index contributed by atoms with van der Waals surface area (Å²) >= 11 is 0. The zero-order valence-corrected chi connectivity index (χ0v) is 9.63. The molecule has 3 atom stereocenters. The number of carbonyl (C=O) groups is 1. The molecule has 0 aliphatic carbocycles. The van der Waals surface area contributed by atoms with E-state index < -0.39 is 5.97 Å². The van der Waals surface area contributed by atoms with Gasteiger partial charge in [0.2, 0.25) is 0 Å². The first-order valence-electron chi connectivity index (χ1n) is 6.14. The molecule has 3 aliphatic rings. The van der Waals surface area contributed by atoms with Crippen molar-refractivity contribution in [3.05, 3.63) is 0 Å². The van der Waals surface area contributed by atoms with Crippen molar-refractivity contribution in [1.29, 1.82) is 0 Å². The number of aliphatic carboxylic acids is 1. The molecule has 3 aliphatic heterocycles. The maximum Gasteiger partial charge on any atom is 0.354 e. The van der Waals surface area contributed by atoms with Crippen molar-refractivity contribution in [3.63, 3.8) is 0 Å². The molecule has 0 amide bonds. The molecule has 3 unspecified atom stereocenters. The highest BCUT2D eigenvalue weighted by atomic mass is 16.6. The fraction of sp³-hybridized carbons (Fsp3) is 0.818. The zero-order valence-electron chi connectivity index (χ0n) is 9.63. The number of nitrogens with one attached hydrogen (secondary N) is 1. The molecule has 3 heterocycles. The van der Waals surface area contributed by atoms with Gasteiger partial charge in [0.25, 0.3) is 0 Å². The van der Waals surface area contributed by atoms with Gasteiger partial charge in [0, 0.05) is 19.6 Å². The first-order valence-corrected chi connectivity index (χ1v) is 6.14. The van der Waals surface area contributed by atoms with Gasteiger partial charge in [-0.25, -0.2) is 4.79 Å². The highest BCUT2D eigenvalue weighted by Gasteiger charge is 2.45. The predicted octanol–water partition coefficient (Wildman–Crippen LogP) is -0.633. The minimum absolute atomic E-state index is 0.0399. The Balaban J connectivity index is 1.58. The highest BCUT2D eigenvalue weighted by Crippen LogP contribution is 2.28. The number of carboxylic acid groups (broad SMARTS) is 1. The van der Waals surface area contributed by atoms with Crippen LogP contribution in [0.2, 0.25) is 0 Å². The summed E-state index contributed by atoms with van der Waals surface area (Å²) in [5.41, 5.74) is 0.196. The molecule has 2 fully saturated rings. The molecule has 0 radical (unpaired) electrons. The molecule has 0 aromatic heterocycles. The average Bonchev–Trinajstić information content (AvgIpc) is 2.92. The Labute approximate surface area is 99.6 Å². The number of likely N-dealkylation sites (tertiary alicyclic amines) is 1. The molecule has 94 valence electrons. The van der Waals surface area contributed by atoms with Crippen LogP contribution in [0.5, 0.6) is 0 Å². The van der Waals surface area contributed by atoms with Crippen LogP contribution in [0, 0.1) is 11.8 Å². The van der Waals surface area contributed by atoms with Crippen molar-refractivity contribution in [2.24, 2.45) is 17.0 Å². The van der Waals surface area contributed by atoms with Crippen LogP contribution in [0.3, 0.4) is 0 Å². The molecule has 0 bridgehead atoms. The van der Waals surface area contributed by atoms with E-state index in [1.807, 2.05) is 0 Å². The standard InChI is InChI=1S/C11H17N3O3/c15-11(16)10-8-5-14(6-9(8)17-13-10)4-7-1-2-12-3-7/h7-9,12H,1-6H2,(H,15,16). The molecule has 2 N–H and O–H groups in total. The number of carboxylic acids is 1.